The number of aliphatic hydroxyl groups is 1. The average Bonchev–Trinajstić information content (AvgIpc) is 3.17. The van der Waals surface area contributed by atoms with E-state index in [9.17, 15) is 29.1 Å². The van der Waals surface area contributed by atoms with E-state index in [1.54, 1.807) is 11.8 Å². The Kier molecular flexibility index (Phi) is 9.37. The summed E-state index contributed by atoms with van der Waals surface area (Å²) in [4.78, 5) is 67.2. The molecule has 1 aliphatic carbocycles. The van der Waals surface area contributed by atoms with Crippen molar-refractivity contribution < 1.29 is 29.1 Å². The molecule has 6 N–H and O–H groups in total. The summed E-state index contributed by atoms with van der Waals surface area (Å²) in [5.41, 5.74) is -1.33. The highest BCUT2D eigenvalue weighted by atomic mass is 16.3. The Labute approximate surface area is 243 Å². The van der Waals surface area contributed by atoms with E-state index in [0.29, 0.717) is 26.1 Å². The molecule has 0 bridgehead atoms. The first kappa shape index (κ1) is 32.6. The second-order valence-corrected chi connectivity index (χ2v) is 14.5. The minimum atomic E-state index is -1.56. The summed E-state index contributed by atoms with van der Waals surface area (Å²) < 4.78 is 0. The second kappa shape index (κ2) is 11.8. The number of piperidine rings is 1. The number of hydrogen-bond acceptors (Lipinski definition) is 6. The number of nitrogens with one attached hydrogen (secondary N) is 5. The van der Waals surface area contributed by atoms with Gasteiger partial charge in [-0.15, -0.1) is 0 Å². The Morgan fingerprint density at radius 3 is 2.24 bits per heavy atom. The van der Waals surface area contributed by atoms with Gasteiger partial charge in [0.15, 0.2) is 6.10 Å². The molecule has 12 heteroatoms. The van der Waals surface area contributed by atoms with Crippen LogP contribution >= 0.6 is 0 Å². The number of hydrogen-bond donors (Lipinski definition) is 6. The number of nitrogens with zero attached hydrogens (tertiary/aromatic N) is 1. The zero-order chi connectivity index (χ0) is 31.1. The molecule has 2 saturated heterocycles. The molecule has 6 amide bonds. The normalized spacial score (nSPS) is 27.2. The Hall–Kier alpha value is -2.89. The summed E-state index contributed by atoms with van der Waals surface area (Å²) in [6.07, 6.45) is -0.937. The van der Waals surface area contributed by atoms with Crippen LogP contribution in [0.5, 0.6) is 0 Å². The van der Waals surface area contributed by atoms with Crippen molar-refractivity contribution in [2.24, 2.45) is 28.6 Å². The predicted molar refractivity (Wildman–Crippen MR) is 153 cm³/mol. The lowest BCUT2D eigenvalue weighted by Gasteiger charge is -2.38. The summed E-state index contributed by atoms with van der Waals surface area (Å²) >= 11 is 0. The number of likely N-dealkylation sites (tertiary alicyclic amines) is 1. The first-order chi connectivity index (χ1) is 18.8. The quantitative estimate of drug-likeness (QED) is 0.233. The average molecular weight is 579 g/mol. The SMILES string of the molecule is CCNC(=O)[C@H](O)[C@H](C[C@@H]1CCNC1=O)NC(=O)[C@@H]1[C@@H]2[C@H](CN1C(=O)[C@@H](NC(=O)NC(C)(C)C)C(C)(C)C)C2(C)C. The Bertz CT molecular complexity index is 1050. The molecule has 1 saturated carbocycles. The van der Waals surface area contributed by atoms with Crippen LogP contribution in [0.15, 0.2) is 0 Å². The fourth-order valence-corrected chi connectivity index (χ4v) is 6.31. The van der Waals surface area contributed by atoms with Gasteiger partial charge >= 0.3 is 6.03 Å². The Morgan fingerprint density at radius 1 is 1.10 bits per heavy atom. The largest absolute Gasteiger partial charge is 0.381 e. The number of likely N-dealkylation sites (N-methyl/N-ethyl adjacent to an activating group) is 1. The van der Waals surface area contributed by atoms with Crippen molar-refractivity contribution in [1.29, 1.82) is 0 Å². The third kappa shape index (κ3) is 7.31. The number of amides is 6. The van der Waals surface area contributed by atoms with Crippen molar-refractivity contribution in [1.82, 2.24) is 31.5 Å². The lowest BCUT2D eigenvalue weighted by molar-refractivity contribution is -0.145. The van der Waals surface area contributed by atoms with Gasteiger partial charge in [-0.1, -0.05) is 34.6 Å². The molecule has 0 aromatic heterocycles. The van der Waals surface area contributed by atoms with Crippen molar-refractivity contribution in [3.8, 4) is 0 Å². The molecule has 3 rings (SSSR count). The fraction of sp³-hybridized carbons (Fsp3) is 0.828. The van der Waals surface area contributed by atoms with Crippen molar-refractivity contribution in [3.63, 3.8) is 0 Å². The minimum Gasteiger partial charge on any atom is -0.381 e. The van der Waals surface area contributed by atoms with E-state index < -0.39 is 58.9 Å². The van der Waals surface area contributed by atoms with Gasteiger partial charge in [0.1, 0.15) is 12.1 Å². The van der Waals surface area contributed by atoms with Gasteiger partial charge in [0.2, 0.25) is 17.7 Å². The molecule has 12 nitrogen and oxygen atoms in total. The zero-order valence-corrected chi connectivity index (χ0v) is 26.0. The number of rotatable bonds is 9. The second-order valence-electron chi connectivity index (χ2n) is 14.5. The van der Waals surface area contributed by atoms with Crippen LogP contribution in [-0.2, 0) is 19.2 Å². The number of aliphatic hydroxyl groups excluding tert-OH is 1. The highest BCUT2D eigenvalue weighted by Gasteiger charge is 2.70. The van der Waals surface area contributed by atoms with Crippen LogP contribution in [0.25, 0.3) is 0 Å². The van der Waals surface area contributed by atoms with Crippen molar-refractivity contribution in [2.45, 2.75) is 105 Å². The van der Waals surface area contributed by atoms with Crippen LogP contribution < -0.4 is 26.6 Å². The van der Waals surface area contributed by atoms with Gasteiger partial charge in [-0.2, -0.15) is 0 Å². The smallest absolute Gasteiger partial charge is 0.315 e. The molecule has 2 heterocycles. The molecule has 3 fully saturated rings. The van der Waals surface area contributed by atoms with Crippen molar-refractivity contribution >= 4 is 29.7 Å². The molecule has 0 unspecified atom stereocenters. The molecule has 3 aliphatic rings. The van der Waals surface area contributed by atoms with Gasteiger partial charge in [0.05, 0.1) is 6.04 Å². The summed E-state index contributed by atoms with van der Waals surface area (Å²) in [5.74, 6) is -2.13. The highest BCUT2D eigenvalue weighted by Crippen LogP contribution is 2.65. The maximum absolute atomic E-state index is 14.1. The lowest BCUT2D eigenvalue weighted by atomic mass is 9.85. The zero-order valence-electron chi connectivity index (χ0n) is 26.0. The Balaban J connectivity index is 1.86. The van der Waals surface area contributed by atoms with E-state index >= 15 is 0 Å². The van der Waals surface area contributed by atoms with Gasteiger partial charge < -0.3 is 36.6 Å². The maximum atomic E-state index is 14.1. The number of carbonyl (C=O) groups excluding carboxylic acids is 5. The summed E-state index contributed by atoms with van der Waals surface area (Å²) in [6.45, 7) is 18.1. The minimum absolute atomic E-state index is 0.0905. The molecule has 0 aromatic carbocycles. The standard InChI is InChI=1S/C29H50N6O6/c1-10-30-24(39)20(36)17(13-15-11-12-31-22(15)37)32-23(38)19-18-16(29(18,8)9)14-35(19)25(40)21(27(2,3)4)33-26(41)34-28(5,6)7/h15-21,36H,10-14H2,1-9H3,(H,30,39)(H,31,37)(H,32,38)(H2,33,34,41)/t15-,16-,17-,18-,19-,20+,21+/m0/s1. The molecule has 41 heavy (non-hydrogen) atoms. The molecule has 0 spiro atoms. The monoisotopic (exact) mass is 578 g/mol. The van der Waals surface area contributed by atoms with E-state index in [2.05, 4.69) is 40.4 Å². The molecular weight excluding hydrogens is 528 g/mol. The molecule has 232 valence electrons. The first-order valence-corrected chi connectivity index (χ1v) is 14.7. The van der Waals surface area contributed by atoms with Crippen LogP contribution in [0.2, 0.25) is 0 Å². The van der Waals surface area contributed by atoms with Crippen molar-refractivity contribution in [2.75, 3.05) is 19.6 Å². The molecule has 0 aromatic rings. The third-order valence-electron chi connectivity index (χ3n) is 8.67. The summed E-state index contributed by atoms with van der Waals surface area (Å²) in [5, 5.41) is 24.7. The van der Waals surface area contributed by atoms with Crippen LogP contribution in [0, 0.1) is 28.6 Å². The van der Waals surface area contributed by atoms with E-state index in [1.165, 1.54) is 0 Å². The molecule has 2 aliphatic heterocycles. The molecule has 7 atom stereocenters. The maximum Gasteiger partial charge on any atom is 0.315 e. The number of carbonyl (C=O) groups is 5. The van der Waals surface area contributed by atoms with Crippen molar-refractivity contribution in [3.05, 3.63) is 0 Å². The summed E-state index contributed by atoms with van der Waals surface area (Å²) in [7, 11) is 0. The molecular formula is C29H50N6O6. The lowest BCUT2D eigenvalue weighted by Crippen LogP contribution is -2.62. The van der Waals surface area contributed by atoms with E-state index in [1.807, 2.05) is 41.5 Å². The van der Waals surface area contributed by atoms with E-state index in [-0.39, 0.29) is 35.5 Å². The highest BCUT2D eigenvalue weighted by molar-refractivity contribution is 5.94. The molecule has 0 radical (unpaired) electrons. The summed E-state index contributed by atoms with van der Waals surface area (Å²) in [6, 6.07) is -3.24. The first-order valence-electron chi connectivity index (χ1n) is 14.7. The fourth-order valence-electron chi connectivity index (χ4n) is 6.31. The van der Waals surface area contributed by atoms with E-state index in [0.717, 1.165) is 0 Å². The van der Waals surface area contributed by atoms with Gasteiger partial charge in [0, 0.05) is 31.1 Å². The number of fused-ring (bicyclic) bond motifs is 1. The van der Waals surface area contributed by atoms with Crippen LogP contribution in [0.1, 0.15) is 75.2 Å². The van der Waals surface area contributed by atoms with Gasteiger partial charge in [0.25, 0.3) is 5.91 Å². The van der Waals surface area contributed by atoms with Crippen LogP contribution in [0.3, 0.4) is 0 Å². The van der Waals surface area contributed by atoms with Crippen LogP contribution in [0.4, 0.5) is 4.79 Å². The Morgan fingerprint density at radius 2 is 1.73 bits per heavy atom. The van der Waals surface area contributed by atoms with Gasteiger partial charge in [-0.05, 0) is 63.2 Å². The predicted octanol–water partition coefficient (Wildman–Crippen LogP) is 0.490. The van der Waals surface area contributed by atoms with Crippen LogP contribution in [-0.4, -0.2) is 89.1 Å². The van der Waals surface area contributed by atoms with Gasteiger partial charge in [-0.3, -0.25) is 19.2 Å². The topological polar surface area (TPSA) is 169 Å². The van der Waals surface area contributed by atoms with E-state index in [4.69, 9.17) is 0 Å². The number of urea groups is 1. The third-order valence-corrected chi connectivity index (χ3v) is 8.67. The van der Waals surface area contributed by atoms with Gasteiger partial charge in [-0.25, -0.2) is 4.79 Å².